The van der Waals surface area contributed by atoms with Gasteiger partial charge in [0.2, 0.25) is 5.78 Å². The minimum Gasteiger partial charge on any atom is -0.466 e. The van der Waals surface area contributed by atoms with Crippen LogP contribution in [0.5, 0.6) is 0 Å². The molecule has 0 N–H and O–H groups in total. The average molecular weight is 243 g/mol. The van der Waals surface area contributed by atoms with Gasteiger partial charge < -0.3 is 4.74 Å². The molecule has 0 saturated carbocycles. The van der Waals surface area contributed by atoms with Crippen LogP contribution < -0.4 is 0 Å². The van der Waals surface area contributed by atoms with Crippen LogP contribution in [-0.4, -0.2) is 24.5 Å². The van der Waals surface area contributed by atoms with E-state index in [4.69, 9.17) is 11.6 Å². The van der Waals surface area contributed by atoms with Crippen LogP contribution in [0.2, 0.25) is 5.02 Å². The molecule has 0 saturated heterocycles. The Morgan fingerprint density at radius 1 is 1.56 bits per heavy atom. The Morgan fingerprint density at radius 3 is 2.88 bits per heavy atom. The zero-order valence-electron chi connectivity index (χ0n) is 8.42. The van der Waals surface area contributed by atoms with Gasteiger partial charge in [-0.2, -0.15) is 0 Å². The first-order chi connectivity index (χ1) is 7.49. The first kappa shape index (κ1) is 11.1. The summed E-state index contributed by atoms with van der Waals surface area (Å²) in [5, 5.41) is 0.334. The summed E-state index contributed by atoms with van der Waals surface area (Å²) in [4.78, 5) is 23.0. The zero-order valence-corrected chi connectivity index (χ0v) is 9.18. The van der Waals surface area contributed by atoms with Gasteiger partial charge in [0, 0.05) is 17.0 Å². The molecule has 1 aliphatic carbocycles. The maximum Gasteiger partial charge on any atom is 0.352 e. The molecular formula is C11H8ClFO3. The van der Waals surface area contributed by atoms with Crippen LogP contribution in [0.15, 0.2) is 18.2 Å². The number of ether oxygens (including phenoxy) is 1. The van der Waals surface area contributed by atoms with Crippen LogP contribution in [0.4, 0.5) is 4.39 Å². The molecule has 1 aromatic carbocycles. The van der Waals surface area contributed by atoms with Gasteiger partial charge in [-0.05, 0) is 17.7 Å². The quantitative estimate of drug-likeness (QED) is 0.559. The fraction of sp³-hybridized carbons (Fsp3) is 0.273. The maximum atomic E-state index is 14.2. The predicted molar refractivity (Wildman–Crippen MR) is 55.3 cm³/mol. The zero-order chi connectivity index (χ0) is 11.9. The lowest BCUT2D eigenvalue weighted by atomic mass is 10.0. The smallest absolute Gasteiger partial charge is 0.352 e. The molecule has 1 aromatic rings. The number of esters is 1. The van der Waals surface area contributed by atoms with E-state index in [-0.39, 0.29) is 12.0 Å². The Kier molecular flexibility index (Phi) is 2.46. The van der Waals surface area contributed by atoms with Gasteiger partial charge >= 0.3 is 5.97 Å². The fourth-order valence-electron chi connectivity index (χ4n) is 1.80. The Hall–Kier alpha value is -1.42. The number of benzene rings is 1. The number of carbonyl (C=O) groups is 2. The third kappa shape index (κ3) is 1.41. The van der Waals surface area contributed by atoms with E-state index >= 15 is 0 Å². The number of rotatable bonds is 1. The molecular weight excluding hydrogens is 235 g/mol. The van der Waals surface area contributed by atoms with Gasteiger partial charge in [0.05, 0.1) is 7.11 Å². The number of Topliss-reactive ketones (excluding diaryl/α,β-unsaturated/α-hetero) is 1. The van der Waals surface area contributed by atoms with Crippen molar-refractivity contribution < 1.29 is 18.7 Å². The summed E-state index contributed by atoms with van der Waals surface area (Å²) in [5.74, 6) is -2.04. The summed E-state index contributed by atoms with van der Waals surface area (Å²) in [6, 6.07) is 4.46. The number of hydrogen-bond donors (Lipinski definition) is 0. The summed E-state index contributed by atoms with van der Waals surface area (Å²) in [6.07, 6.45) is -0.287. The minimum atomic E-state index is -2.60. The number of carbonyl (C=O) groups excluding carboxylic acids is 2. The standard InChI is InChI=1S/C11H8ClFO3/c1-16-10(15)11(13)5-6-2-3-7(12)4-8(6)9(11)14/h2-4H,5H2,1H3. The molecule has 1 atom stereocenters. The molecule has 1 aliphatic rings. The van der Waals surface area contributed by atoms with Crippen LogP contribution in [-0.2, 0) is 16.0 Å². The van der Waals surface area contributed by atoms with Gasteiger partial charge in [-0.3, -0.25) is 4.79 Å². The summed E-state index contributed by atoms with van der Waals surface area (Å²) in [7, 11) is 1.05. The number of hydrogen-bond acceptors (Lipinski definition) is 3. The van der Waals surface area contributed by atoms with E-state index < -0.39 is 17.4 Å². The SMILES string of the molecule is COC(=O)C1(F)Cc2ccc(Cl)cc2C1=O. The fourth-order valence-corrected chi connectivity index (χ4v) is 1.97. The molecule has 5 heteroatoms. The molecule has 2 rings (SSSR count). The van der Waals surface area contributed by atoms with Gasteiger partial charge in [-0.1, -0.05) is 17.7 Å². The van der Waals surface area contributed by atoms with Crippen molar-refractivity contribution in [3.63, 3.8) is 0 Å². The van der Waals surface area contributed by atoms with Crippen molar-refractivity contribution in [2.24, 2.45) is 0 Å². The monoisotopic (exact) mass is 242 g/mol. The topological polar surface area (TPSA) is 43.4 Å². The first-order valence-electron chi connectivity index (χ1n) is 4.59. The lowest BCUT2D eigenvalue weighted by Gasteiger charge is -2.13. The van der Waals surface area contributed by atoms with Crippen LogP contribution in [0.1, 0.15) is 15.9 Å². The number of ketones is 1. The second-order valence-electron chi connectivity index (χ2n) is 3.60. The van der Waals surface area contributed by atoms with Crippen LogP contribution in [0.25, 0.3) is 0 Å². The van der Waals surface area contributed by atoms with Crippen molar-refractivity contribution in [3.8, 4) is 0 Å². The Balaban J connectivity index is 2.49. The number of fused-ring (bicyclic) bond motifs is 1. The van der Waals surface area contributed by atoms with E-state index in [0.717, 1.165) is 7.11 Å². The summed E-state index contributed by atoms with van der Waals surface area (Å²) in [5.41, 5.74) is -1.97. The molecule has 0 fully saturated rings. The minimum absolute atomic E-state index is 0.153. The number of methoxy groups -OCH3 is 1. The molecule has 0 aliphatic heterocycles. The van der Waals surface area contributed by atoms with E-state index in [1.807, 2.05) is 0 Å². The largest absolute Gasteiger partial charge is 0.466 e. The van der Waals surface area contributed by atoms with Crippen LogP contribution >= 0.6 is 11.6 Å². The van der Waals surface area contributed by atoms with Crippen molar-refractivity contribution in [1.29, 1.82) is 0 Å². The number of alkyl halides is 1. The average Bonchev–Trinajstić information content (AvgIpc) is 2.52. The molecule has 84 valence electrons. The summed E-state index contributed by atoms with van der Waals surface area (Å²) in [6.45, 7) is 0. The molecule has 16 heavy (non-hydrogen) atoms. The van der Waals surface area contributed by atoms with Crippen molar-refractivity contribution in [1.82, 2.24) is 0 Å². The van der Waals surface area contributed by atoms with Crippen molar-refractivity contribution in [2.45, 2.75) is 12.1 Å². The van der Waals surface area contributed by atoms with E-state index in [1.165, 1.54) is 6.07 Å². The molecule has 0 amide bonds. The van der Waals surface area contributed by atoms with E-state index in [0.29, 0.717) is 10.6 Å². The summed E-state index contributed by atoms with van der Waals surface area (Å²) < 4.78 is 18.5. The highest BCUT2D eigenvalue weighted by atomic mass is 35.5. The van der Waals surface area contributed by atoms with Gasteiger partial charge in [-0.25, -0.2) is 9.18 Å². The molecule has 0 radical (unpaired) electrons. The summed E-state index contributed by atoms with van der Waals surface area (Å²) >= 11 is 5.70. The second kappa shape index (κ2) is 3.56. The molecule has 0 spiro atoms. The lowest BCUT2D eigenvalue weighted by Crippen LogP contribution is -2.40. The lowest BCUT2D eigenvalue weighted by molar-refractivity contribution is -0.150. The maximum absolute atomic E-state index is 14.2. The van der Waals surface area contributed by atoms with Gasteiger partial charge in [0.15, 0.2) is 0 Å². The first-order valence-corrected chi connectivity index (χ1v) is 4.97. The molecule has 0 aromatic heterocycles. The highest BCUT2D eigenvalue weighted by Crippen LogP contribution is 2.35. The highest BCUT2D eigenvalue weighted by Gasteiger charge is 2.53. The Labute approximate surface area is 96.2 Å². The van der Waals surface area contributed by atoms with Gasteiger partial charge in [-0.15, -0.1) is 0 Å². The molecule has 0 heterocycles. The Morgan fingerprint density at radius 2 is 2.25 bits per heavy atom. The molecule has 0 bridgehead atoms. The van der Waals surface area contributed by atoms with Crippen LogP contribution in [0.3, 0.4) is 0 Å². The third-order valence-corrected chi connectivity index (χ3v) is 2.85. The van der Waals surface area contributed by atoms with Crippen molar-refractivity contribution >= 4 is 23.4 Å². The van der Waals surface area contributed by atoms with E-state index in [9.17, 15) is 14.0 Å². The van der Waals surface area contributed by atoms with Gasteiger partial charge in [0.25, 0.3) is 5.67 Å². The second-order valence-corrected chi connectivity index (χ2v) is 4.04. The third-order valence-electron chi connectivity index (χ3n) is 2.62. The van der Waals surface area contributed by atoms with Crippen molar-refractivity contribution in [2.75, 3.05) is 7.11 Å². The number of halogens is 2. The van der Waals surface area contributed by atoms with E-state index in [1.54, 1.807) is 12.1 Å². The normalized spacial score (nSPS) is 23.1. The predicted octanol–water partition coefficient (Wildman–Crippen LogP) is 1.96. The Bertz CT molecular complexity index is 486. The van der Waals surface area contributed by atoms with Gasteiger partial charge in [0.1, 0.15) is 0 Å². The molecule has 1 unspecified atom stereocenters. The van der Waals surface area contributed by atoms with Crippen molar-refractivity contribution in [3.05, 3.63) is 34.3 Å². The van der Waals surface area contributed by atoms with E-state index in [2.05, 4.69) is 4.74 Å². The highest BCUT2D eigenvalue weighted by molar-refractivity contribution is 6.31. The van der Waals surface area contributed by atoms with Crippen LogP contribution in [0, 0.1) is 0 Å². The molecule has 3 nitrogen and oxygen atoms in total.